The van der Waals surface area contributed by atoms with Crippen LogP contribution in [0.4, 0.5) is 5.69 Å². The smallest absolute Gasteiger partial charge is 0.120 e. The van der Waals surface area contributed by atoms with Crippen LogP contribution in [0, 0.1) is 0 Å². The molecule has 2 atom stereocenters. The minimum absolute atomic E-state index is 0.353. The van der Waals surface area contributed by atoms with Gasteiger partial charge in [0.1, 0.15) is 11.5 Å². The number of H-pyrrole nitrogens is 1. The highest BCUT2D eigenvalue weighted by Gasteiger charge is 2.26. The number of rotatable bonds is 6. The van der Waals surface area contributed by atoms with E-state index >= 15 is 0 Å². The Morgan fingerprint density at radius 1 is 1.10 bits per heavy atom. The fourth-order valence-electron chi connectivity index (χ4n) is 4.24. The third-order valence-electron chi connectivity index (χ3n) is 5.81. The summed E-state index contributed by atoms with van der Waals surface area (Å²) in [6.07, 6.45) is 1.36. The van der Waals surface area contributed by atoms with Crippen LogP contribution in [0.1, 0.15) is 18.6 Å². The van der Waals surface area contributed by atoms with Gasteiger partial charge >= 0.3 is 0 Å². The zero-order valence-corrected chi connectivity index (χ0v) is 17.3. The number of hydrogen-bond acceptors (Lipinski definition) is 5. The van der Waals surface area contributed by atoms with E-state index < -0.39 is 6.10 Å². The van der Waals surface area contributed by atoms with E-state index in [9.17, 15) is 5.11 Å². The molecule has 1 aliphatic rings. The molecule has 0 aliphatic carbocycles. The SMILES string of the molecule is COc1cccc(N2CCN(C[C@@H](O)c3c[nH]c4ccc(OC)cc34)C[C@H]2C)c1. The number of aromatic nitrogens is 1. The van der Waals surface area contributed by atoms with Crippen molar-refractivity contribution in [3.63, 3.8) is 0 Å². The number of aliphatic hydroxyl groups is 1. The molecular formula is C23H29N3O3. The first-order valence-corrected chi connectivity index (χ1v) is 10.0. The van der Waals surface area contributed by atoms with Gasteiger partial charge in [0.25, 0.3) is 0 Å². The topological polar surface area (TPSA) is 61.0 Å². The lowest BCUT2D eigenvalue weighted by Gasteiger charge is -2.42. The van der Waals surface area contributed by atoms with Gasteiger partial charge in [0, 0.05) is 66.6 Å². The highest BCUT2D eigenvalue weighted by molar-refractivity contribution is 5.85. The maximum Gasteiger partial charge on any atom is 0.120 e. The predicted molar refractivity (Wildman–Crippen MR) is 116 cm³/mol. The Kier molecular flexibility index (Phi) is 5.65. The van der Waals surface area contributed by atoms with E-state index in [-0.39, 0.29) is 0 Å². The lowest BCUT2D eigenvalue weighted by atomic mass is 10.1. The van der Waals surface area contributed by atoms with Gasteiger partial charge in [-0.25, -0.2) is 0 Å². The summed E-state index contributed by atoms with van der Waals surface area (Å²) in [5.41, 5.74) is 3.11. The van der Waals surface area contributed by atoms with Gasteiger partial charge in [-0.05, 0) is 37.3 Å². The number of nitrogens with zero attached hydrogens (tertiary/aromatic N) is 2. The van der Waals surface area contributed by atoms with Crippen molar-refractivity contribution in [1.82, 2.24) is 9.88 Å². The van der Waals surface area contributed by atoms with Crippen LogP contribution in [-0.2, 0) is 0 Å². The minimum atomic E-state index is -0.550. The average molecular weight is 396 g/mol. The van der Waals surface area contributed by atoms with E-state index in [2.05, 4.69) is 33.8 Å². The van der Waals surface area contributed by atoms with Gasteiger partial charge in [-0.3, -0.25) is 4.90 Å². The molecule has 0 amide bonds. The highest BCUT2D eigenvalue weighted by Crippen LogP contribution is 2.29. The Balaban J connectivity index is 1.43. The summed E-state index contributed by atoms with van der Waals surface area (Å²) < 4.78 is 10.7. The lowest BCUT2D eigenvalue weighted by Crippen LogP contribution is -2.52. The number of hydrogen-bond donors (Lipinski definition) is 2. The molecule has 29 heavy (non-hydrogen) atoms. The Morgan fingerprint density at radius 2 is 1.90 bits per heavy atom. The first-order chi connectivity index (χ1) is 14.1. The second kappa shape index (κ2) is 8.35. The predicted octanol–water partition coefficient (Wildman–Crippen LogP) is 3.43. The fraction of sp³-hybridized carbons (Fsp3) is 0.391. The molecule has 2 aromatic carbocycles. The number of benzene rings is 2. The molecular weight excluding hydrogens is 366 g/mol. The Hall–Kier alpha value is -2.70. The molecule has 3 aromatic rings. The van der Waals surface area contributed by atoms with Crippen LogP contribution in [0.15, 0.2) is 48.7 Å². The van der Waals surface area contributed by atoms with Gasteiger partial charge in [-0.1, -0.05) is 6.07 Å². The van der Waals surface area contributed by atoms with Gasteiger partial charge in [-0.2, -0.15) is 0 Å². The van der Waals surface area contributed by atoms with E-state index in [1.807, 2.05) is 36.5 Å². The lowest BCUT2D eigenvalue weighted by molar-refractivity contribution is 0.103. The quantitative estimate of drug-likeness (QED) is 0.670. The molecule has 6 nitrogen and oxygen atoms in total. The monoisotopic (exact) mass is 395 g/mol. The molecule has 1 saturated heterocycles. The van der Waals surface area contributed by atoms with Crippen molar-refractivity contribution in [2.45, 2.75) is 19.1 Å². The highest BCUT2D eigenvalue weighted by atomic mass is 16.5. The Bertz CT molecular complexity index is 971. The van der Waals surface area contributed by atoms with Crippen LogP contribution in [0.5, 0.6) is 11.5 Å². The van der Waals surface area contributed by atoms with Crippen molar-refractivity contribution < 1.29 is 14.6 Å². The number of β-amino-alcohol motifs (C(OH)–C–C–N with tert-alkyl or cyclic N) is 1. The van der Waals surface area contributed by atoms with Crippen molar-refractivity contribution in [2.75, 3.05) is 45.3 Å². The number of nitrogens with one attached hydrogen (secondary N) is 1. The van der Waals surface area contributed by atoms with Crippen molar-refractivity contribution >= 4 is 16.6 Å². The number of ether oxygens (including phenoxy) is 2. The largest absolute Gasteiger partial charge is 0.497 e. The van der Waals surface area contributed by atoms with Crippen LogP contribution in [-0.4, -0.2) is 61.4 Å². The summed E-state index contributed by atoms with van der Waals surface area (Å²) in [4.78, 5) is 7.99. The molecule has 1 aromatic heterocycles. The Labute approximate surface area is 171 Å². The van der Waals surface area contributed by atoms with E-state index in [1.165, 1.54) is 5.69 Å². The molecule has 0 saturated carbocycles. The molecule has 1 fully saturated rings. The number of aromatic amines is 1. The van der Waals surface area contributed by atoms with Crippen LogP contribution in [0.3, 0.4) is 0 Å². The first-order valence-electron chi connectivity index (χ1n) is 10.0. The van der Waals surface area contributed by atoms with Crippen molar-refractivity contribution in [3.05, 3.63) is 54.2 Å². The van der Waals surface area contributed by atoms with E-state index in [4.69, 9.17) is 9.47 Å². The van der Waals surface area contributed by atoms with Crippen molar-refractivity contribution in [1.29, 1.82) is 0 Å². The summed E-state index contributed by atoms with van der Waals surface area (Å²) in [5, 5.41) is 11.9. The molecule has 0 bridgehead atoms. The zero-order valence-electron chi connectivity index (χ0n) is 17.3. The van der Waals surface area contributed by atoms with Gasteiger partial charge in [0.05, 0.1) is 20.3 Å². The summed E-state index contributed by atoms with van der Waals surface area (Å²) in [7, 11) is 3.36. The summed E-state index contributed by atoms with van der Waals surface area (Å²) in [6, 6.07) is 14.5. The summed E-state index contributed by atoms with van der Waals surface area (Å²) in [5.74, 6) is 1.67. The van der Waals surface area contributed by atoms with E-state index in [0.29, 0.717) is 12.6 Å². The molecule has 0 unspecified atom stereocenters. The normalized spacial score (nSPS) is 18.8. The molecule has 1 aliphatic heterocycles. The third-order valence-corrected chi connectivity index (χ3v) is 5.81. The van der Waals surface area contributed by atoms with E-state index in [0.717, 1.165) is 47.6 Å². The maximum atomic E-state index is 10.9. The Morgan fingerprint density at radius 3 is 2.66 bits per heavy atom. The van der Waals surface area contributed by atoms with Gasteiger partial charge in [0.15, 0.2) is 0 Å². The van der Waals surface area contributed by atoms with Gasteiger partial charge in [0.2, 0.25) is 0 Å². The number of methoxy groups -OCH3 is 2. The van der Waals surface area contributed by atoms with Gasteiger partial charge in [-0.15, -0.1) is 0 Å². The molecule has 2 N–H and O–H groups in total. The zero-order chi connectivity index (χ0) is 20.4. The number of piperazine rings is 1. The summed E-state index contributed by atoms with van der Waals surface area (Å²) in [6.45, 7) is 5.57. The molecule has 6 heteroatoms. The molecule has 154 valence electrons. The fourth-order valence-corrected chi connectivity index (χ4v) is 4.24. The molecule has 0 spiro atoms. The first kappa shape index (κ1) is 19.6. The molecule has 0 radical (unpaired) electrons. The number of fused-ring (bicyclic) bond motifs is 1. The van der Waals surface area contributed by atoms with Crippen molar-refractivity contribution in [3.8, 4) is 11.5 Å². The van der Waals surface area contributed by atoms with Gasteiger partial charge < -0.3 is 24.5 Å². The number of anilines is 1. The molecule has 4 rings (SSSR count). The molecule has 2 heterocycles. The standard InChI is InChI=1S/C23H29N3O3/c1-16-14-25(9-10-26(16)17-5-4-6-18(11-17)28-2)15-23(27)21-13-24-22-8-7-19(29-3)12-20(21)22/h4-8,11-13,16,23-24,27H,9-10,14-15H2,1-3H3/t16-,23-/m1/s1. The minimum Gasteiger partial charge on any atom is -0.497 e. The maximum absolute atomic E-state index is 10.9. The van der Waals surface area contributed by atoms with Crippen LogP contribution in [0.2, 0.25) is 0 Å². The van der Waals surface area contributed by atoms with E-state index in [1.54, 1.807) is 14.2 Å². The van der Waals surface area contributed by atoms with Crippen molar-refractivity contribution in [2.24, 2.45) is 0 Å². The average Bonchev–Trinajstić information content (AvgIpc) is 3.17. The van der Waals surface area contributed by atoms with Crippen LogP contribution in [0.25, 0.3) is 10.9 Å². The van der Waals surface area contributed by atoms with Crippen LogP contribution < -0.4 is 14.4 Å². The van der Waals surface area contributed by atoms with Crippen LogP contribution >= 0.6 is 0 Å². The summed E-state index contributed by atoms with van der Waals surface area (Å²) >= 11 is 0. The second-order valence-electron chi connectivity index (χ2n) is 7.67. The second-order valence-corrected chi connectivity index (χ2v) is 7.67. The number of aliphatic hydroxyl groups excluding tert-OH is 1. The third kappa shape index (κ3) is 4.04.